The molecule has 0 spiro atoms. The summed E-state index contributed by atoms with van der Waals surface area (Å²) in [4.78, 5) is 14.8. The maximum atomic E-state index is 11.2. The van der Waals surface area contributed by atoms with Gasteiger partial charge >= 0.3 is 0 Å². The number of nitrogen functional groups attached to an aromatic ring is 2. The van der Waals surface area contributed by atoms with Gasteiger partial charge in [0.1, 0.15) is 23.2 Å². The van der Waals surface area contributed by atoms with Crippen LogP contribution in [0.25, 0.3) is 16.9 Å². The third kappa shape index (κ3) is 3.42. The molecule has 0 fully saturated rings. The number of nitrogens with two attached hydrogens (primary N) is 2. The molecule has 0 radical (unpaired) electrons. The number of aromatic hydroxyl groups is 1. The summed E-state index contributed by atoms with van der Waals surface area (Å²) >= 11 is 0. The van der Waals surface area contributed by atoms with Crippen LogP contribution in [0.4, 0.5) is 28.7 Å². The predicted molar refractivity (Wildman–Crippen MR) is 111 cm³/mol. The van der Waals surface area contributed by atoms with Crippen LogP contribution in [0.15, 0.2) is 58.8 Å². The normalized spacial score (nSPS) is 11.1. The molecular weight excluding hydrogens is 402 g/mol. The second-order valence-electron chi connectivity index (χ2n) is 6.33. The van der Waals surface area contributed by atoms with Crippen LogP contribution in [-0.2, 0) is 0 Å². The van der Waals surface area contributed by atoms with Crippen molar-refractivity contribution < 1.29 is 10.0 Å². The van der Waals surface area contributed by atoms with Gasteiger partial charge in [0.15, 0.2) is 17.2 Å². The number of aromatic nitrogens is 3. The molecule has 4 rings (SSSR count). The SMILES string of the molecule is N#Cc1c(N)nc2c(N=Nc3ccc(O)cc3)c(N)nn2c1-c1cccc([N+](=O)[O-])c1. The van der Waals surface area contributed by atoms with Gasteiger partial charge in [0, 0.05) is 17.7 Å². The number of benzene rings is 2. The van der Waals surface area contributed by atoms with E-state index in [1.165, 1.54) is 34.8 Å². The molecule has 0 saturated carbocycles. The van der Waals surface area contributed by atoms with E-state index in [0.717, 1.165) is 0 Å². The number of hydrogen-bond acceptors (Lipinski definition) is 10. The Morgan fingerprint density at radius 2 is 1.87 bits per heavy atom. The molecule has 4 aromatic rings. The fourth-order valence-corrected chi connectivity index (χ4v) is 2.94. The van der Waals surface area contributed by atoms with Gasteiger partial charge < -0.3 is 16.6 Å². The molecule has 152 valence electrons. The van der Waals surface area contributed by atoms with Crippen LogP contribution in [0.5, 0.6) is 5.75 Å². The van der Waals surface area contributed by atoms with Crippen molar-refractivity contribution in [3.63, 3.8) is 0 Å². The molecule has 12 heteroatoms. The number of nitro benzene ring substituents is 1. The minimum Gasteiger partial charge on any atom is -0.508 e. The Morgan fingerprint density at radius 3 is 2.55 bits per heavy atom. The average molecular weight is 415 g/mol. The number of rotatable bonds is 4. The van der Waals surface area contributed by atoms with Crippen LogP contribution < -0.4 is 11.5 Å². The van der Waals surface area contributed by atoms with E-state index >= 15 is 0 Å². The van der Waals surface area contributed by atoms with E-state index in [1.807, 2.05) is 6.07 Å². The lowest BCUT2D eigenvalue weighted by atomic mass is 10.1. The van der Waals surface area contributed by atoms with E-state index in [1.54, 1.807) is 18.2 Å². The van der Waals surface area contributed by atoms with Gasteiger partial charge in [-0.05, 0) is 24.3 Å². The van der Waals surface area contributed by atoms with Crippen molar-refractivity contribution >= 4 is 34.3 Å². The first-order valence-electron chi connectivity index (χ1n) is 8.72. The lowest BCUT2D eigenvalue weighted by Gasteiger charge is -2.09. The zero-order valence-corrected chi connectivity index (χ0v) is 15.7. The molecular formula is C19H13N9O3. The Labute approximate surface area is 173 Å². The highest BCUT2D eigenvalue weighted by Crippen LogP contribution is 2.35. The number of nitro groups is 1. The highest BCUT2D eigenvalue weighted by molar-refractivity contribution is 5.83. The van der Waals surface area contributed by atoms with Crippen LogP contribution in [0.2, 0.25) is 0 Å². The second-order valence-corrected chi connectivity index (χ2v) is 6.33. The van der Waals surface area contributed by atoms with Crippen molar-refractivity contribution in [2.45, 2.75) is 0 Å². The standard InChI is InChI=1S/C19H13N9O3/c20-9-14-16(10-2-1-3-12(8-10)28(30)31)27-19(23-17(14)21)15(18(22)26-27)25-24-11-4-6-13(29)7-5-11/h1-8,29H,(H2,21,23)(H2,22,26). The fourth-order valence-electron chi connectivity index (χ4n) is 2.94. The highest BCUT2D eigenvalue weighted by atomic mass is 16.6. The Hall–Kier alpha value is -5.05. The first-order valence-corrected chi connectivity index (χ1v) is 8.72. The average Bonchev–Trinajstić information content (AvgIpc) is 3.06. The lowest BCUT2D eigenvalue weighted by molar-refractivity contribution is -0.384. The van der Waals surface area contributed by atoms with Crippen LogP contribution in [0.1, 0.15) is 5.56 Å². The Balaban J connectivity index is 1.94. The minimum absolute atomic E-state index is 0.0162. The molecule has 2 aromatic carbocycles. The molecule has 5 N–H and O–H groups in total. The highest BCUT2D eigenvalue weighted by Gasteiger charge is 2.22. The number of fused-ring (bicyclic) bond motifs is 1. The van der Waals surface area contributed by atoms with E-state index in [2.05, 4.69) is 20.3 Å². The summed E-state index contributed by atoms with van der Waals surface area (Å²) in [6.45, 7) is 0. The van der Waals surface area contributed by atoms with Gasteiger partial charge in [-0.2, -0.15) is 10.4 Å². The van der Waals surface area contributed by atoms with Crippen LogP contribution in [0, 0.1) is 21.4 Å². The van der Waals surface area contributed by atoms with Gasteiger partial charge in [-0.25, -0.2) is 9.50 Å². The summed E-state index contributed by atoms with van der Waals surface area (Å²) in [5, 5.41) is 42.5. The molecule has 0 unspecified atom stereocenters. The summed E-state index contributed by atoms with van der Waals surface area (Å²) in [6.07, 6.45) is 0. The van der Waals surface area contributed by atoms with Gasteiger partial charge in [-0.15, -0.1) is 10.2 Å². The monoisotopic (exact) mass is 415 g/mol. The number of phenols is 1. The van der Waals surface area contributed by atoms with E-state index in [9.17, 15) is 20.5 Å². The summed E-state index contributed by atoms with van der Waals surface area (Å²) < 4.78 is 1.26. The fraction of sp³-hybridized carbons (Fsp3) is 0. The number of phenolic OH excluding ortho intramolecular Hbond substituents is 1. The Bertz CT molecular complexity index is 1400. The zero-order chi connectivity index (χ0) is 22.1. The molecule has 0 aliphatic rings. The van der Waals surface area contributed by atoms with Crippen molar-refractivity contribution in [2.24, 2.45) is 10.2 Å². The van der Waals surface area contributed by atoms with Gasteiger partial charge in [-0.3, -0.25) is 10.1 Å². The quantitative estimate of drug-likeness (QED) is 0.256. The van der Waals surface area contributed by atoms with Crippen molar-refractivity contribution in [1.82, 2.24) is 14.6 Å². The summed E-state index contributed by atoms with van der Waals surface area (Å²) in [7, 11) is 0. The third-order valence-corrected chi connectivity index (χ3v) is 4.35. The lowest BCUT2D eigenvalue weighted by Crippen LogP contribution is -2.05. The van der Waals surface area contributed by atoms with E-state index < -0.39 is 4.92 Å². The van der Waals surface area contributed by atoms with Gasteiger partial charge in [-0.1, -0.05) is 12.1 Å². The number of azo groups is 1. The molecule has 2 aromatic heterocycles. The number of hydrogen-bond donors (Lipinski definition) is 3. The topological polar surface area (TPSA) is 194 Å². The molecule has 0 bridgehead atoms. The molecule has 0 amide bonds. The molecule has 0 saturated heterocycles. The van der Waals surface area contributed by atoms with Crippen LogP contribution >= 0.6 is 0 Å². The van der Waals surface area contributed by atoms with Crippen LogP contribution in [-0.4, -0.2) is 24.6 Å². The van der Waals surface area contributed by atoms with Crippen molar-refractivity contribution in [2.75, 3.05) is 11.5 Å². The first kappa shape index (κ1) is 19.3. The van der Waals surface area contributed by atoms with Crippen molar-refractivity contribution in [1.29, 1.82) is 5.26 Å². The Morgan fingerprint density at radius 1 is 1.13 bits per heavy atom. The maximum Gasteiger partial charge on any atom is 0.270 e. The molecule has 31 heavy (non-hydrogen) atoms. The Kier molecular flexibility index (Phi) is 4.61. The minimum atomic E-state index is -0.550. The molecule has 0 atom stereocenters. The van der Waals surface area contributed by atoms with Crippen molar-refractivity contribution in [3.05, 3.63) is 64.2 Å². The summed E-state index contributed by atoms with van der Waals surface area (Å²) in [6, 6.07) is 13.6. The predicted octanol–water partition coefficient (Wildman–Crippen LogP) is 3.46. The van der Waals surface area contributed by atoms with Gasteiger partial charge in [0.05, 0.1) is 16.3 Å². The largest absolute Gasteiger partial charge is 0.508 e. The summed E-state index contributed by atoms with van der Waals surface area (Å²) in [5.74, 6) is -0.0665. The maximum absolute atomic E-state index is 11.2. The van der Waals surface area contributed by atoms with Gasteiger partial charge in [0.25, 0.3) is 5.69 Å². The number of non-ortho nitro benzene ring substituents is 1. The first-order chi connectivity index (χ1) is 14.9. The van der Waals surface area contributed by atoms with E-state index in [-0.39, 0.29) is 45.7 Å². The van der Waals surface area contributed by atoms with E-state index in [0.29, 0.717) is 11.3 Å². The summed E-state index contributed by atoms with van der Waals surface area (Å²) in [5.41, 5.74) is 13.0. The number of nitrogens with zero attached hydrogens (tertiary/aromatic N) is 7. The number of anilines is 2. The zero-order valence-electron chi connectivity index (χ0n) is 15.7. The smallest absolute Gasteiger partial charge is 0.270 e. The number of nitriles is 1. The molecule has 0 aliphatic heterocycles. The van der Waals surface area contributed by atoms with E-state index in [4.69, 9.17) is 11.5 Å². The second kappa shape index (κ2) is 7.41. The van der Waals surface area contributed by atoms with Crippen molar-refractivity contribution in [3.8, 4) is 23.1 Å². The third-order valence-electron chi connectivity index (χ3n) is 4.35. The van der Waals surface area contributed by atoms with Gasteiger partial charge in [0.2, 0.25) is 0 Å². The van der Waals surface area contributed by atoms with Crippen LogP contribution in [0.3, 0.4) is 0 Å². The molecule has 0 aliphatic carbocycles. The molecule has 12 nitrogen and oxygen atoms in total. The molecule has 2 heterocycles.